The molecule has 7 heteroatoms. The van der Waals surface area contributed by atoms with Crippen LogP contribution in [-0.2, 0) is 7.05 Å². The van der Waals surface area contributed by atoms with Crippen LogP contribution in [0.5, 0.6) is 0 Å². The zero-order valence-electron chi connectivity index (χ0n) is 15.6. The van der Waals surface area contributed by atoms with Crippen molar-refractivity contribution in [1.82, 2.24) is 24.6 Å². The molecule has 0 unspecified atom stereocenters. The van der Waals surface area contributed by atoms with E-state index in [4.69, 9.17) is 0 Å². The molecule has 3 heterocycles. The van der Waals surface area contributed by atoms with Crippen molar-refractivity contribution in [2.45, 2.75) is 6.04 Å². The second kappa shape index (κ2) is 7.46. The Labute approximate surface area is 162 Å². The van der Waals surface area contributed by atoms with Gasteiger partial charge >= 0.3 is 0 Å². The maximum atomic E-state index is 4.54. The van der Waals surface area contributed by atoms with E-state index in [0.717, 1.165) is 22.6 Å². The van der Waals surface area contributed by atoms with Gasteiger partial charge in [0.05, 0.1) is 17.6 Å². The standard InChI is InChI=1S/C20H22N6S/c1-25(2)17(15-9-24-26(3)11-15)10-21-19-18-16(14-7-5-4-6-8-14)12-27-20(18)23-13-22-19/h4-9,11-13,17H,10H2,1-3H3,(H,21,22,23)/t17-/m0/s1. The summed E-state index contributed by atoms with van der Waals surface area (Å²) in [6.07, 6.45) is 5.61. The van der Waals surface area contributed by atoms with E-state index in [1.165, 1.54) is 16.7 Å². The molecule has 27 heavy (non-hydrogen) atoms. The Kier molecular flexibility index (Phi) is 4.87. The number of thiophene rings is 1. The molecule has 0 bridgehead atoms. The lowest BCUT2D eigenvalue weighted by Gasteiger charge is -2.24. The Hall–Kier alpha value is -2.77. The van der Waals surface area contributed by atoms with Gasteiger partial charge in [-0.15, -0.1) is 11.3 Å². The van der Waals surface area contributed by atoms with E-state index in [1.807, 2.05) is 24.0 Å². The monoisotopic (exact) mass is 378 g/mol. The van der Waals surface area contributed by atoms with Crippen LogP contribution in [-0.4, -0.2) is 45.3 Å². The van der Waals surface area contributed by atoms with Crippen LogP contribution in [0.15, 0.2) is 54.4 Å². The number of benzene rings is 1. The van der Waals surface area contributed by atoms with Crippen LogP contribution in [0.4, 0.5) is 5.82 Å². The number of hydrogen-bond donors (Lipinski definition) is 1. The van der Waals surface area contributed by atoms with Gasteiger partial charge in [-0.1, -0.05) is 30.3 Å². The van der Waals surface area contributed by atoms with Gasteiger partial charge in [-0.2, -0.15) is 5.10 Å². The molecular weight excluding hydrogens is 356 g/mol. The minimum atomic E-state index is 0.197. The SMILES string of the molecule is CN(C)[C@@H](CNc1ncnc2scc(-c3ccccc3)c12)c1cnn(C)c1. The zero-order valence-corrected chi connectivity index (χ0v) is 16.4. The third-order valence-electron chi connectivity index (χ3n) is 4.65. The first-order chi connectivity index (χ1) is 13.1. The van der Waals surface area contributed by atoms with Crippen molar-refractivity contribution < 1.29 is 0 Å². The minimum Gasteiger partial charge on any atom is -0.367 e. The first kappa shape index (κ1) is 17.6. The van der Waals surface area contributed by atoms with Crippen molar-refractivity contribution in [2.75, 3.05) is 26.0 Å². The number of fused-ring (bicyclic) bond motifs is 1. The van der Waals surface area contributed by atoms with Gasteiger partial charge in [0.1, 0.15) is 17.0 Å². The molecule has 6 nitrogen and oxygen atoms in total. The van der Waals surface area contributed by atoms with E-state index in [-0.39, 0.29) is 6.04 Å². The molecule has 3 aromatic heterocycles. The lowest BCUT2D eigenvalue weighted by atomic mass is 10.1. The molecule has 0 aliphatic rings. The van der Waals surface area contributed by atoms with Gasteiger partial charge in [-0.3, -0.25) is 4.68 Å². The molecule has 0 fully saturated rings. The van der Waals surface area contributed by atoms with Gasteiger partial charge in [0.2, 0.25) is 0 Å². The van der Waals surface area contributed by atoms with Crippen molar-refractivity contribution in [3.63, 3.8) is 0 Å². The third kappa shape index (κ3) is 3.56. The van der Waals surface area contributed by atoms with Gasteiger partial charge in [0.15, 0.2) is 0 Å². The van der Waals surface area contributed by atoms with Gasteiger partial charge in [0, 0.05) is 36.3 Å². The second-order valence-electron chi connectivity index (χ2n) is 6.73. The summed E-state index contributed by atoms with van der Waals surface area (Å²) in [7, 11) is 6.10. The van der Waals surface area contributed by atoms with Crippen LogP contribution >= 0.6 is 11.3 Å². The topological polar surface area (TPSA) is 58.9 Å². The maximum Gasteiger partial charge on any atom is 0.138 e. The van der Waals surface area contributed by atoms with E-state index < -0.39 is 0 Å². The molecule has 0 amide bonds. The van der Waals surface area contributed by atoms with Crippen LogP contribution in [0, 0.1) is 0 Å². The summed E-state index contributed by atoms with van der Waals surface area (Å²) in [6, 6.07) is 10.6. The summed E-state index contributed by atoms with van der Waals surface area (Å²) in [5.74, 6) is 0.871. The molecule has 0 radical (unpaired) electrons. The van der Waals surface area contributed by atoms with E-state index >= 15 is 0 Å². The molecule has 4 aromatic rings. The number of rotatable bonds is 6. The molecular formula is C20H22N6S. The van der Waals surface area contributed by atoms with Crippen LogP contribution < -0.4 is 5.32 Å². The Morgan fingerprint density at radius 1 is 1.19 bits per heavy atom. The lowest BCUT2D eigenvalue weighted by Crippen LogP contribution is -2.26. The summed E-state index contributed by atoms with van der Waals surface area (Å²) in [5.41, 5.74) is 3.52. The molecule has 1 atom stereocenters. The molecule has 0 saturated heterocycles. The third-order valence-corrected chi connectivity index (χ3v) is 5.54. The molecule has 4 rings (SSSR count). The molecule has 0 aliphatic carbocycles. The summed E-state index contributed by atoms with van der Waals surface area (Å²) >= 11 is 1.65. The van der Waals surface area contributed by atoms with Crippen molar-refractivity contribution in [1.29, 1.82) is 0 Å². The summed E-state index contributed by atoms with van der Waals surface area (Å²) in [4.78, 5) is 12.2. The van der Waals surface area contributed by atoms with Gasteiger partial charge in [-0.25, -0.2) is 9.97 Å². The van der Waals surface area contributed by atoms with Crippen LogP contribution in [0.2, 0.25) is 0 Å². The molecule has 138 valence electrons. The van der Waals surface area contributed by atoms with Crippen molar-refractivity contribution in [3.8, 4) is 11.1 Å². The predicted molar refractivity (Wildman–Crippen MR) is 111 cm³/mol. The highest BCUT2D eigenvalue weighted by Crippen LogP contribution is 2.36. The van der Waals surface area contributed by atoms with Crippen molar-refractivity contribution in [3.05, 3.63) is 60.0 Å². The lowest BCUT2D eigenvalue weighted by molar-refractivity contribution is 0.311. The fourth-order valence-electron chi connectivity index (χ4n) is 3.24. The van der Waals surface area contributed by atoms with Crippen LogP contribution in [0.25, 0.3) is 21.3 Å². The smallest absolute Gasteiger partial charge is 0.138 e. The zero-order chi connectivity index (χ0) is 18.8. The average Bonchev–Trinajstić information content (AvgIpc) is 3.29. The van der Waals surface area contributed by atoms with Crippen LogP contribution in [0.3, 0.4) is 0 Å². The second-order valence-corrected chi connectivity index (χ2v) is 7.58. The van der Waals surface area contributed by atoms with E-state index in [2.05, 4.69) is 75.2 Å². The number of anilines is 1. The van der Waals surface area contributed by atoms with E-state index in [9.17, 15) is 0 Å². The largest absolute Gasteiger partial charge is 0.367 e. The highest BCUT2D eigenvalue weighted by atomic mass is 32.1. The molecule has 0 saturated carbocycles. The highest BCUT2D eigenvalue weighted by molar-refractivity contribution is 7.17. The maximum absolute atomic E-state index is 4.54. The van der Waals surface area contributed by atoms with Gasteiger partial charge in [-0.05, 0) is 19.7 Å². The quantitative estimate of drug-likeness (QED) is 0.553. The molecule has 0 aliphatic heterocycles. The number of aryl methyl sites for hydroxylation is 1. The van der Waals surface area contributed by atoms with Crippen molar-refractivity contribution >= 4 is 27.4 Å². The summed E-state index contributed by atoms with van der Waals surface area (Å²) in [5, 5.41) is 11.1. The summed E-state index contributed by atoms with van der Waals surface area (Å²) < 4.78 is 1.83. The Bertz CT molecular complexity index is 1040. The number of nitrogens with zero attached hydrogens (tertiary/aromatic N) is 5. The minimum absolute atomic E-state index is 0.197. The first-order valence-corrected chi connectivity index (χ1v) is 9.68. The fourth-order valence-corrected chi connectivity index (χ4v) is 4.16. The number of aromatic nitrogens is 4. The number of likely N-dealkylation sites (N-methyl/N-ethyl adjacent to an activating group) is 1. The van der Waals surface area contributed by atoms with Gasteiger partial charge < -0.3 is 10.2 Å². The predicted octanol–water partition coefficient (Wildman–Crippen LogP) is 3.81. The van der Waals surface area contributed by atoms with Gasteiger partial charge in [0.25, 0.3) is 0 Å². The molecule has 0 spiro atoms. The molecule has 1 aromatic carbocycles. The average molecular weight is 379 g/mol. The fraction of sp³-hybridized carbons (Fsp3) is 0.250. The van der Waals surface area contributed by atoms with Crippen molar-refractivity contribution in [2.24, 2.45) is 7.05 Å². The van der Waals surface area contributed by atoms with E-state index in [1.54, 1.807) is 17.7 Å². The Balaban J connectivity index is 1.67. The van der Waals surface area contributed by atoms with E-state index in [0.29, 0.717) is 0 Å². The number of hydrogen-bond acceptors (Lipinski definition) is 6. The Morgan fingerprint density at radius 3 is 2.70 bits per heavy atom. The van der Waals surface area contributed by atoms with Crippen LogP contribution in [0.1, 0.15) is 11.6 Å². The summed E-state index contributed by atoms with van der Waals surface area (Å²) in [6.45, 7) is 0.731. The first-order valence-electron chi connectivity index (χ1n) is 8.80. The molecule has 1 N–H and O–H groups in total. The highest BCUT2D eigenvalue weighted by Gasteiger charge is 2.18. The number of nitrogens with one attached hydrogen (secondary N) is 1. The normalized spacial score (nSPS) is 12.6. The Morgan fingerprint density at radius 2 is 2.00 bits per heavy atom.